The zero-order valence-corrected chi connectivity index (χ0v) is 16.3. The fourth-order valence-electron chi connectivity index (χ4n) is 2.40. The minimum Gasteiger partial charge on any atom is -0.289 e. The van der Waals surface area contributed by atoms with E-state index in [-0.39, 0.29) is 5.78 Å². The van der Waals surface area contributed by atoms with Gasteiger partial charge in [-0.3, -0.25) is 4.79 Å². The number of carbonyl (C=O) groups excluding carboxylic acids is 1. The molecular weight excluding hydrogens is 404 g/mol. The SMILES string of the molecule is Cc1c(C)c(C)c(/C=C/C(=O)c2ccccc2Br)c(Br)c1C. The Labute approximate surface area is 148 Å². The van der Waals surface area contributed by atoms with Crippen LogP contribution < -0.4 is 0 Å². The third kappa shape index (κ3) is 3.26. The lowest BCUT2D eigenvalue weighted by Gasteiger charge is -2.15. The lowest BCUT2D eigenvalue weighted by atomic mass is 9.94. The molecule has 3 heteroatoms. The van der Waals surface area contributed by atoms with Crippen molar-refractivity contribution in [1.29, 1.82) is 0 Å². The summed E-state index contributed by atoms with van der Waals surface area (Å²) in [6, 6.07) is 7.47. The van der Waals surface area contributed by atoms with E-state index in [0.717, 1.165) is 14.5 Å². The highest BCUT2D eigenvalue weighted by molar-refractivity contribution is 9.10. The van der Waals surface area contributed by atoms with Crippen molar-refractivity contribution in [2.24, 2.45) is 0 Å². The molecule has 22 heavy (non-hydrogen) atoms. The minimum absolute atomic E-state index is 0.00495. The van der Waals surface area contributed by atoms with Crippen molar-refractivity contribution in [1.82, 2.24) is 0 Å². The molecule has 0 amide bonds. The van der Waals surface area contributed by atoms with E-state index in [9.17, 15) is 4.79 Å². The molecule has 114 valence electrons. The van der Waals surface area contributed by atoms with Crippen LogP contribution in [0.25, 0.3) is 6.08 Å². The number of rotatable bonds is 3. The van der Waals surface area contributed by atoms with Gasteiger partial charge in [0, 0.05) is 14.5 Å². The van der Waals surface area contributed by atoms with Gasteiger partial charge < -0.3 is 0 Å². The van der Waals surface area contributed by atoms with Crippen LogP contribution in [0.15, 0.2) is 39.3 Å². The first kappa shape index (κ1) is 17.2. The van der Waals surface area contributed by atoms with Gasteiger partial charge in [-0.25, -0.2) is 0 Å². The molecule has 0 spiro atoms. The first-order chi connectivity index (χ1) is 10.3. The predicted octanol–water partition coefficient (Wildman–Crippen LogP) is 6.34. The summed E-state index contributed by atoms with van der Waals surface area (Å²) in [5.41, 5.74) is 6.73. The van der Waals surface area contributed by atoms with E-state index in [1.54, 1.807) is 6.08 Å². The van der Waals surface area contributed by atoms with E-state index in [0.29, 0.717) is 5.56 Å². The summed E-state index contributed by atoms with van der Waals surface area (Å²) in [6.45, 7) is 8.44. The van der Waals surface area contributed by atoms with Crippen molar-refractivity contribution in [3.8, 4) is 0 Å². The quantitative estimate of drug-likeness (QED) is 0.417. The van der Waals surface area contributed by atoms with Crippen molar-refractivity contribution in [3.63, 3.8) is 0 Å². The molecule has 0 aliphatic heterocycles. The lowest BCUT2D eigenvalue weighted by molar-refractivity contribution is 0.104. The van der Waals surface area contributed by atoms with E-state index in [4.69, 9.17) is 0 Å². The maximum Gasteiger partial charge on any atom is 0.186 e. The summed E-state index contributed by atoms with van der Waals surface area (Å²) in [4.78, 5) is 12.4. The van der Waals surface area contributed by atoms with E-state index < -0.39 is 0 Å². The molecule has 0 aromatic heterocycles. The molecule has 0 aliphatic carbocycles. The van der Waals surface area contributed by atoms with Gasteiger partial charge in [0.15, 0.2) is 5.78 Å². The summed E-state index contributed by atoms with van der Waals surface area (Å²) in [6.07, 6.45) is 3.54. The van der Waals surface area contributed by atoms with Crippen LogP contribution in [-0.2, 0) is 0 Å². The Morgan fingerprint density at radius 1 is 0.909 bits per heavy atom. The summed E-state index contributed by atoms with van der Waals surface area (Å²) in [5.74, 6) is -0.00495. The third-order valence-corrected chi connectivity index (χ3v) is 5.91. The maximum absolute atomic E-state index is 12.4. The minimum atomic E-state index is -0.00495. The smallest absolute Gasteiger partial charge is 0.186 e. The summed E-state index contributed by atoms with van der Waals surface area (Å²) in [7, 11) is 0. The van der Waals surface area contributed by atoms with Crippen molar-refractivity contribution in [2.45, 2.75) is 27.7 Å². The summed E-state index contributed by atoms with van der Waals surface area (Å²) >= 11 is 7.09. The number of ketones is 1. The average molecular weight is 422 g/mol. The predicted molar refractivity (Wildman–Crippen MR) is 101 cm³/mol. The highest BCUT2D eigenvalue weighted by Crippen LogP contribution is 2.32. The zero-order valence-electron chi connectivity index (χ0n) is 13.1. The van der Waals surface area contributed by atoms with Crippen LogP contribution in [0.5, 0.6) is 0 Å². The van der Waals surface area contributed by atoms with E-state index in [1.807, 2.05) is 30.3 Å². The van der Waals surface area contributed by atoms with Crippen molar-refractivity contribution in [3.05, 3.63) is 72.7 Å². The van der Waals surface area contributed by atoms with Crippen LogP contribution in [0, 0.1) is 27.7 Å². The molecule has 0 fully saturated rings. The first-order valence-electron chi connectivity index (χ1n) is 7.07. The van der Waals surface area contributed by atoms with Crippen LogP contribution in [0.4, 0.5) is 0 Å². The maximum atomic E-state index is 12.4. The number of carbonyl (C=O) groups is 1. The van der Waals surface area contributed by atoms with Gasteiger partial charge in [-0.05, 0) is 95.7 Å². The summed E-state index contributed by atoms with van der Waals surface area (Å²) < 4.78 is 1.88. The summed E-state index contributed by atoms with van der Waals surface area (Å²) in [5, 5.41) is 0. The molecule has 0 bridgehead atoms. The molecule has 1 nitrogen and oxygen atoms in total. The van der Waals surface area contributed by atoms with Crippen LogP contribution in [0.2, 0.25) is 0 Å². The van der Waals surface area contributed by atoms with Gasteiger partial charge >= 0.3 is 0 Å². The zero-order chi connectivity index (χ0) is 16.4. The molecule has 0 atom stereocenters. The van der Waals surface area contributed by atoms with Gasteiger partial charge in [-0.15, -0.1) is 0 Å². The molecule has 2 aromatic carbocycles. The molecule has 0 unspecified atom stereocenters. The third-order valence-electron chi connectivity index (χ3n) is 4.20. The Morgan fingerprint density at radius 3 is 2.14 bits per heavy atom. The van der Waals surface area contributed by atoms with Crippen molar-refractivity contribution < 1.29 is 4.79 Å². The number of hydrogen-bond acceptors (Lipinski definition) is 1. The Balaban J connectivity index is 2.44. The lowest BCUT2D eigenvalue weighted by Crippen LogP contribution is -1.98. The number of benzene rings is 2. The van der Waals surface area contributed by atoms with Crippen LogP contribution in [0.3, 0.4) is 0 Å². The molecular formula is C19H18Br2O. The molecule has 0 heterocycles. The van der Waals surface area contributed by atoms with Gasteiger partial charge in [0.25, 0.3) is 0 Å². The van der Waals surface area contributed by atoms with Crippen molar-refractivity contribution >= 4 is 43.7 Å². The fraction of sp³-hybridized carbons (Fsp3) is 0.211. The second-order valence-electron chi connectivity index (χ2n) is 5.41. The number of allylic oxidation sites excluding steroid dienone is 1. The molecule has 0 saturated heterocycles. The highest BCUT2D eigenvalue weighted by atomic mass is 79.9. The standard InChI is InChI=1S/C19H18Br2O/c1-11-12(2)14(4)19(21)15(13(11)3)9-10-18(22)16-7-5-6-8-17(16)20/h5-10H,1-4H3/b10-9+. The Morgan fingerprint density at radius 2 is 1.50 bits per heavy atom. The van der Waals surface area contributed by atoms with Gasteiger partial charge in [-0.2, -0.15) is 0 Å². The molecule has 0 radical (unpaired) electrons. The Hall–Kier alpha value is -1.19. The first-order valence-corrected chi connectivity index (χ1v) is 8.66. The second-order valence-corrected chi connectivity index (χ2v) is 7.05. The van der Waals surface area contributed by atoms with Gasteiger partial charge in [0.1, 0.15) is 0 Å². The molecule has 2 rings (SSSR count). The largest absolute Gasteiger partial charge is 0.289 e. The van der Waals surface area contributed by atoms with E-state index >= 15 is 0 Å². The average Bonchev–Trinajstić information content (AvgIpc) is 2.51. The van der Waals surface area contributed by atoms with Gasteiger partial charge in [0.2, 0.25) is 0 Å². The van der Waals surface area contributed by atoms with E-state index in [2.05, 4.69) is 59.6 Å². The highest BCUT2D eigenvalue weighted by Gasteiger charge is 2.12. The number of hydrogen-bond donors (Lipinski definition) is 0. The normalized spacial score (nSPS) is 11.2. The monoisotopic (exact) mass is 420 g/mol. The molecule has 0 saturated carbocycles. The molecule has 0 aliphatic rings. The topological polar surface area (TPSA) is 17.1 Å². The Bertz CT molecular complexity index is 744. The van der Waals surface area contributed by atoms with Crippen molar-refractivity contribution in [2.75, 3.05) is 0 Å². The van der Waals surface area contributed by atoms with Gasteiger partial charge in [0.05, 0.1) is 0 Å². The second kappa shape index (κ2) is 6.93. The molecule has 0 N–H and O–H groups in total. The van der Waals surface area contributed by atoms with Crippen LogP contribution in [-0.4, -0.2) is 5.78 Å². The molecule has 2 aromatic rings. The van der Waals surface area contributed by atoms with Crippen LogP contribution >= 0.6 is 31.9 Å². The number of halogens is 2. The Kier molecular flexibility index (Phi) is 5.41. The van der Waals surface area contributed by atoms with Crippen LogP contribution in [0.1, 0.15) is 38.2 Å². The fourth-order valence-corrected chi connectivity index (χ4v) is 3.61. The van der Waals surface area contributed by atoms with E-state index in [1.165, 1.54) is 22.3 Å². The van der Waals surface area contributed by atoms with Gasteiger partial charge in [-0.1, -0.05) is 28.1 Å².